The fourth-order valence-corrected chi connectivity index (χ4v) is 2.18. The van der Waals surface area contributed by atoms with Gasteiger partial charge < -0.3 is 16.3 Å². The van der Waals surface area contributed by atoms with E-state index in [1.54, 1.807) is 12.3 Å². The summed E-state index contributed by atoms with van der Waals surface area (Å²) in [6, 6.07) is 12.1. The molecule has 2 aromatic rings. The third kappa shape index (κ3) is 4.27. The first kappa shape index (κ1) is 15.5. The minimum absolute atomic E-state index is 0.0119. The van der Waals surface area contributed by atoms with Crippen LogP contribution in [0.2, 0.25) is 0 Å². The highest BCUT2D eigenvalue weighted by atomic mass is 79.9. The summed E-state index contributed by atoms with van der Waals surface area (Å²) in [5.41, 5.74) is 8.24. The molecule has 4 N–H and O–H groups in total. The molecule has 0 radical (unpaired) electrons. The van der Waals surface area contributed by atoms with Crippen molar-refractivity contribution < 1.29 is 5.21 Å². The fourth-order valence-electron chi connectivity index (χ4n) is 1.92. The second-order valence-electron chi connectivity index (χ2n) is 4.69. The summed E-state index contributed by atoms with van der Waals surface area (Å²) in [7, 11) is 0. The van der Waals surface area contributed by atoms with Gasteiger partial charge in [0.25, 0.3) is 0 Å². The molecule has 110 valence electrons. The van der Waals surface area contributed by atoms with Crippen LogP contribution in [0.4, 0.5) is 0 Å². The van der Waals surface area contributed by atoms with Crippen LogP contribution in [0.3, 0.4) is 0 Å². The lowest BCUT2D eigenvalue weighted by molar-refractivity contribution is 0.318. The molecule has 1 heterocycles. The van der Waals surface area contributed by atoms with Crippen molar-refractivity contribution in [3.8, 4) is 0 Å². The Morgan fingerprint density at radius 2 is 2.10 bits per heavy atom. The molecule has 1 unspecified atom stereocenters. The van der Waals surface area contributed by atoms with Gasteiger partial charge >= 0.3 is 0 Å². The van der Waals surface area contributed by atoms with Gasteiger partial charge in [0.1, 0.15) is 5.69 Å². The molecule has 0 fully saturated rings. The maximum Gasteiger partial charge on any atom is 0.188 e. The van der Waals surface area contributed by atoms with E-state index in [2.05, 4.69) is 50.4 Å². The number of nitrogens with zero attached hydrogens (tertiary/aromatic N) is 2. The Labute approximate surface area is 132 Å². The maximum atomic E-state index is 8.67. The van der Waals surface area contributed by atoms with Gasteiger partial charge in [-0.05, 0) is 42.3 Å². The highest BCUT2D eigenvalue weighted by molar-refractivity contribution is 9.10. The number of oxime groups is 1. The van der Waals surface area contributed by atoms with Crippen molar-refractivity contribution in [3.63, 3.8) is 0 Å². The van der Waals surface area contributed by atoms with Crippen molar-refractivity contribution in [2.24, 2.45) is 10.9 Å². The molecule has 0 aliphatic rings. The van der Waals surface area contributed by atoms with Crippen LogP contribution in [0.1, 0.15) is 29.8 Å². The molecule has 0 aliphatic carbocycles. The highest BCUT2D eigenvalue weighted by Crippen LogP contribution is 2.17. The van der Waals surface area contributed by atoms with Crippen molar-refractivity contribution in [2.45, 2.75) is 19.5 Å². The SMILES string of the molecule is CC(NCc1ccnc(/C(N)=N/O)c1)c1ccc(Br)cc1. The van der Waals surface area contributed by atoms with E-state index in [4.69, 9.17) is 10.9 Å². The first-order valence-corrected chi connectivity index (χ1v) is 7.31. The minimum Gasteiger partial charge on any atom is -0.409 e. The number of aromatic nitrogens is 1. The predicted molar refractivity (Wildman–Crippen MR) is 86.1 cm³/mol. The number of amidine groups is 1. The number of rotatable bonds is 5. The molecule has 0 aliphatic heterocycles. The van der Waals surface area contributed by atoms with Crippen molar-refractivity contribution in [1.82, 2.24) is 10.3 Å². The molecule has 0 bridgehead atoms. The molecule has 2 rings (SSSR count). The zero-order chi connectivity index (χ0) is 15.2. The van der Waals surface area contributed by atoms with E-state index in [9.17, 15) is 0 Å². The summed E-state index contributed by atoms with van der Waals surface area (Å²) in [4.78, 5) is 4.06. The summed E-state index contributed by atoms with van der Waals surface area (Å²) >= 11 is 3.43. The molecule has 0 saturated carbocycles. The molecular weight excluding hydrogens is 332 g/mol. The van der Waals surface area contributed by atoms with Crippen molar-refractivity contribution in [2.75, 3.05) is 0 Å². The molecule has 21 heavy (non-hydrogen) atoms. The molecule has 6 heteroatoms. The lowest BCUT2D eigenvalue weighted by Crippen LogP contribution is -2.19. The summed E-state index contributed by atoms with van der Waals surface area (Å²) in [5, 5.41) is 15.1. The molecule has 1 aromatic heterocycles. The van der Waals surface area contributed by atoms with Gasteiger partial charge in [0.05, 0.1) is 0 Å². The third-order valence-electron chi connectivity index (χ3n) is 3.18. The van der Waals surface area contributed by atoms with Gasteiger partial charge in [-0.2, -0.15) is 0 Å². The first-order chi connectivity index (χ1) is 10.1. The van der Waals surface area contributed by atoms with Crippen LogP contribution in [0.15, 0.2) is 52.2 Å². The van der Waals surface area contributed by atoms with Crippen LogP contribution < -0.4 is 11.1 Å². The van der Waals surface area contributed by atoms with E-state index in [-0.39, 0.29) is 11.9 Å². The van der Waals surface area contributed by atoms with Gasteiger partial charge in [-0.1, -0.05) is 33.2 Å². The van der Waals surface area contributed by atoms with Crippen LogP contribution in [0.5, 0.6) is 0 Å². The van der Waals surface area contributed by atoms with Gasteiger partial charge in [0.2, 0.25) is 0 Å². The molecule has 0 spiro atoms. The lowest BCUT2D eigenvalue weighted by atomic mass is 10.1. The zero-order valence-electron chi connectivity index (χ0n) is 11.6. The van der Waals surface area contributed by atoms with E-state index < -0.39 is 0 Å². The molecule has 1 atom stereocenters. The number of nitrogens with one attached hydrogen (secondary N) is 1. The molecule has 1 aromatic carbocycles. The summed E-state index contributed by atoms with van der Waals surface area (Å²) in [6.07, 6.45) is 1.65. The van der Waals surface area contributed by atoms with Gasteiger partial charge in [-0.3, -0.25) is 4.98 Å². The Balaban J connectivity index is 2.01. The molecular formula is C15H17BrN4O. The van der Waals surface area contributed by atoms with Crippen LogP contribution in [0, 0.1) is 0 Å². The van der Waals surface area contributed by atoms with E-state index in [1.165, 1.54) is 5.56 Å². The normalized spacial score (nSPS) is 13.1. The third-order valence-corrected chi connectivity index (χ3v) is 3.71. The van der Waals surface area contributed by atoms with E-state index in [1.807, 2.05) is 18.2 Å². The predicted octanol–water partition coefficient (Wildman–Crippen LogP) is 2.79. The number of hydrogen-bond donors (Lipinski definition) is 3. The topological polar surface area (TPSA) is 83.5 Å². The van der Waals surface area contributed by atoms with E-state index >= 15 is 0 Å². The van der Waals surface area contributed by atoms with Crippen molar-refractivity contribution >= 4 is 21.8 Å². The number of pyridine rings is 1. The van der Waals surface area contributed by atoms with Gasteiger partial charge in [0.15, 0.2) is 5.84 Å². The van der Waals surface area contributed by atoms with Gasteiger partial charge in [-0.25, -0.2) is 0 Å². The number of halogens is 1. The van der Waals surface area contributed by atoms with Crippen LogP contribution in [-0.2, 0) is 6.54 Å². The summed E-state index contributed by atoms with van der Waals surface area (Å²) < 4.78 is 1.07. The van der Waals surface area contributed by atoms with Gasteiger partial charge in [0, 0.05) is 23.3 Å². The average molecular weight is 349 g/mol. The van der Waals surface area contributed by atoms with E-state index in [0.717, 1.165) is 10.0 Å². The smallest absolute Gasteiger partial charge is 0.188 e. The largest absolute Gasteiger partial charge is 0.409 e. The second-order valence-corrected chi connectivity index (χ2v) is 5.60. The van der Waals surface area contributed by atoms with Crippen molar-refractivity contribution in [3.05, 3.63) is 63.9 Å². The van der Waals surface area contributed by atoms with Crippen LogP contribution in [0.25, 0.3) is 0 Å². The summed E-state index contributed by atoms with van der Waals surface area (Å²) in [6.45, 7) is 2.78. The number of hydrogen-bond acceptors (Lipinski definition) is 4. The van der Waals surface area contributed by atoms with Crippen LogP contribution in [-0.4, -0.2) is 16.0 Å². The standard InChI is InChI=1S/C15H17BrN4O/c1-10(12-2-4-13(16)5-3-12)19-9-11-6-7-18-14(8-11)15(17)20-21/h2-8,10,19,21H,9H2,1H3,(H2,17,20). The quantitative estimate of drug-likeness (QED) is 0.335. The molecule has 0 saturated heterocycles. The highest BCUT2D eigenvalue weighted by Gasteiger charge is 2.06. The number of nitrogens with two attached hydrogens (primary N) is 1. The summed E-state index contributed by atoms with van der Waals surface area (Å²) in [5.74, 6) is 0.0119. The molecule has 5 nitrogen and oxygen atoms in total. The Morgan fingerprint density at radius 3 is 2.76 bits per heavy atom. The zero-order valence-corrected chi connectivity index (χ0v) is 13.2. The van der Waals surface area contributed by atoms with E-state index in [0.29, 0.717) is 12.2 Å². The maximum absolute atomic E-state index is 8.67. The lowest BCUT2D eigenvalue weighted by Gasteiger charge is -2.14. The monoisotopic (exact) mass is 348 g/mol. The Morgan fingerprint density at radius 1 is 1.38 bits per heavy atom. The van der Waals surface area contributed by atoms with Crippen molar-refractivity contribution in [1.29, 1.82) is 0 Å². The first-order valence-electron chi connectivity index (χ1n) is 6.52. The van der Waals surface area contributed by atoms with Crippen LogP contribution >= 0.6 is 15.9 Å². The Hall–Kier alpha value is -1.92. The van der Waals surface area contributed by atoms with Gasteiger partial charge in [-0.15, -0.1) is 0 Å². The minimum atomic E-state index is 0.0119. The Bertz CT molecular complexity index is 628. The second kappa shape index (κ2) is 7.19. The average Bonchev–Trinajstić information content (AvgIpc) is 2.52. The Kier molecular flexibility index (Phi) is 5.30. The number of benzene rings is 1. The fraction of sp³-hybridized carbons (Fsp3) is 0.200. The molecule has 0 amide bonds.